The Bertz CT molecular complexity index is 1990. The van der Waals surface area contributed by atoms with E-state index in [9.17, 15) is 0 Å². The van der Waals surface area contributed by atoms with Gasteiger partial charge < -0.3 is 4.57 Å². The summed E-state index contributed by atoms with van der Waals surface area (Å²) in [4.78, 5) is 14.9. The second-order valence-electron chi connectivity index (χ2n) is 11.2. The van der Waals surface area contributed by atoms with Crippen molar-refractivity contribution in [2.24, 2.45) is 0 Å². The van der Waals surface area contributed by atoms with E-state index in [1.807, 2.05) is 84.9 Å². The molecule has 0 spiro atoms. The zero-order chi connectivity index (χ0) is 27.8. The number of hydrogen-bond donors (Lipinski definition) is 0. The van der Waals surface area contributed by atoms with Crippen molar-refractivity contribution in [2.75, 3.05) is 0 Å². The highest BCUT2D eigenvalue weighted by Gasteiger charge is 2.50. The van der Waals surface area contributed by atoms with Crippen molar-refractivity contribution in [2.45, 2.75) is 19.3 Å². The van der Waals surface area contributed by atoms with Gasteiger partial charge in [-0.1, -0.05) is 123 Å². The third-order valence-corrected chi connectivity index (χ3v) is 11.8. The summed E-state index contributed by atoms with van der Waals surface area (Å²) in [5.41, 5.74) is 6.63. The van der Waals surface area contributed by atoms with Gasteiger partial charge in [0.1, 0.15) is 0 Å². The molecular weight excluding hydrogens is 521 g/mol. The predicted octanol–water partition coefficient (Wildman–Crippen LogP) is 7.13. The molecule has 4 nitrogen and oxygen atoms in total. The van der Waals surface area contributed by atoms with Crippen LogP contribution in [0.25, 0.3) is 45.3 Å². The molecule has 41 heavy (non-hydrogen) atoms. The number of nitrogens with zero attached hydrogens (tertiary/aromatic N) is 3. The lowest BCUT2D eigenvalue weighted by Gasteiger charge is -2.38. The molecule has 2 aliphatic rings. The number of benzene rings is 5. The van der Waals surface area contributed by atoms with E-state index in [0.29, 0.717) is 17.5 Å². The second-order valence-corrected chi connectivity index (χ2v) is 13.9. The Balaban J connectivity index is 1.44. The molecule has 0 amide bonds. The summed E-state index contributed by atoms with van der Waals surface area (Å²) in [6, 6.07) is 40.8. The molecule has 0 saturated heterocycles. The first kappa shape index (κ1) is 24.2. The summed E-state index contributed by atoms with van der Waals surface area (Å²) in [7, 11) is -3.03. The summed E-state index contributed by atoms with van der Waals surface area (Å²) in [6.45, 7) is 4.46. The first-order valence-corrected chi connectivity index (χ1v) is 15.5. The fourth-order valence-corrected chi connectivity index (χ4v) is 10.3. The van der Waals surface area contributed by atoms with Gasteiger partial charge in [0.25, 0.3) is 0 Å². The monoisotopic (exact) mass is 547 g/mol. The Labute approximate surface area is 239 Å². The average Bonchev–Trinajstić information content (AvgIpc) is 3.30. The quantitative estimate of drug-likeness (QED) is 0.221. The molecule has 1 aromatic heterocycles. The minimum Gasteiger partial charge on any atom is -0.309 e. The first-order chi connectivity index (χ1) is 20.0. The van der Waals surface area contributed by atoms with Crippen molar-refractivity contribution in [3.63, 3.8) is 0 Å². The van der Waals surface area contributed by atoms with Gasteiger partial charge in [0.15, 0.2) is 24.6 Å². The van der Waals surface area contributed by atoms with Crippen molar-refractivity contribution in [1.29, 1.82) is 0 Å². The Morgan fingerprint density at radius 2 is 1.02 bits per heavy atom. The van der Waals surface area contributed by atoms with E-state index >= 15 is 4.57 Å². The van der Waals surface area contributed by atoms with Gasteiger partial charge in [0, 0.05) is 38.0 Å². The van der Waals surface area contributed by atoms with Crippen molar-refractivity contribution in [1.82, 2.24) is 15.0 Å². The Kier molecular flexibility index (Phi) is 5.11. The summed E-state index contributed by atoms with van der Waals surface area (Å²) in [5.74, 6) is 1.85. The fraction of sp³-hybridized carbons (Fsp3) is 0.0833. The van der Waals surface area contributed by atoms with E-state index < -0.39 is 7.14 Å². The lowest BCUT2D eigenvalue weighted by atomic mass is 9.76. The maximum atomic E-state index is 15.3. The maximum Gasteiger partial charge on any atom is 0.172 e. The van der Waals surface area contributed by atoms with Gasteiger partial charge in [0.2, 0.25) is 0 Å². The minimum atomic E-state index is -3.03. The van der Waals surface area contributed by atoms with Crippen LogP contribution >= 0.6 is 7.14 Å². The molecule has 196 valence electrons. The molecule has 0 saturated carbocycles. The van der Waals surface area contributed by atoms with Crippen molar-refractivity contribution < 1.29 is 4.57 Å². The Hall–Kier alpha value is -4.66. The van der Waals surface area contributed by atoms with E-state index in [1.54, 1.807) is 0 Å². The van der Waals surface area contributed by atoms with Crippen LogP contribution in [0.2, 0.25) is 0 Å². The van der Waals surface area contributed by atoms with Gasteiger partial charge in [-0.25, -0.2) is 15.0 Å². The van der Waals surface area contributed by atoms with Crippen LogP contribution < -0.4 is 15.9 Å². The van der Waals surface area contributed by atoms with E-state index in [2.05, 4.69) is 50.2 Å². The van der Waals surface area contributed by atoms with Crippen LogP contribution in [0.15, 0.2) is 121 Å². The van der Waals surface area contributed by atoms with Gasteiger partial charge in [-0.15, -0.1) is 0 Å². The zero-order valence-electron chi connectivity index (χ0n) is 22.7. The highest BCUT2D eigenvalue weighted by atomic mass is 31.2. The lowest BCUT2D eigenvalue weighted by Crippen LogP contribution is -2.40. The molecule has 0 radical (unpaired) electrons. The number of rotatable bonds is 3. The normalized spacial score (nSPS) is 17.4. The van der Waals surface area contributed by atoms with Crippen LogP contribution in [0.5, 0.6) is 0 Å². The molecule has 6 aromatic rings. The van der Waals surface area contributed by atoms with Crippen molar-refractivity contribution in [3.8, 4) is 45.3 Å². The van der Waals surface area contributed by atoms with Crippen molar-refractivity contribution >= 4 is 23.1 Å². The number of aromatic nitrogens is 3. The number of fused-ring (bicyclic) bond motifs is 5. The van der Waals surface area contributed by atoms with Crippen LogP contribution in [-0.4, -0.2) is 15.0 Å². The van der Waals surface area contributed by atoms with E-state index in [0.717, 1.165) is 54.9 Å². The molecule has 8 rings (SSSR count). The van der Waals surface area contributed by atoms with Crippen LogP contribution in [0.1, 0.15) is 25.0 Å². The van der Waals surface area contributed by atoms with Crippen LogP contribution in [0.4, 0.5) is 0 Å². The average molecular weight is 548 g/mol. The molecule has 0 aliphatic carbocycles. The molecular formula is C36H26N3OP. The van der Waals surface area contributed by atoms with E-state index in [4.69, 9.17) is 15.0 Å². The molecule has 5 heteroatoms. The highest BCUT2D eigenvalue weighted by Crippen LogP contribution is 2.59. The SMILES string of the molecule is CC1(C)c2ccccc2P2(=O)c3ccccc3-c3cc(-c4nc(-c5ccccc5)nc(-c5ccccc5)n4)cc1c32. The zero-order valence-corrected chi connectivity index (χ0v) is 23.6. The first-order valence-electron chi connectivity index (χ1n) is 13.8. The predicted molar refractivity (Wildman–Crippen MR) is 167 cm³/mol. The fourth-order valence-electron chi connectivity index (χ4n) is 6.49. The molecule has 2 aliphatic heterocycles. The molecule has 3 heterocycles. The van der Waals surface area contributed by atoms with Crippen LogP contribution in [0.3, 0.4) is 0 Å². The van der Waals surface area contributed by atoms with Gasteiger partial charge in [0.05, 0.1) is 0 Å². The molecule has 1 unspecified atom stereocenters. The van der Waals surface area contributed by atoms with Crippen molar-refractivity contribution in [3.05, 3.63) is 132 Å². The third kappa shape index (κ3) is 3.41. The molecule has 1 atom stereocenters. The van der Waals surface area contributed by atoms with Gasteiger partial charge in [-0.3, -0.25) is 0 Å². The van der Waals surface area contributed by atoms with Gasteiger partial charge >= 0.3 is 0 Å². The van der Waals surface area contributed by atoms with Gasteiger partial charge in [-0.2, -0.15) is 0 Å². The third-order valence-electron chi connectivity index (χ3n) is 8.51. The standard InChI is InChI=1S/C36H26N3OP/c1-36(2)28-18-10-12-20-31(28)41(40)30-19-11-9-17-26(30)27-21-25(22-29(36)32(27)41)35-38-33(23-13-5-3-6-14-23)37-34(39-35)24-15-7-4-8-16-24/h3-22H,1-2H3. The molecule has 5 aromatic carbocycles. The highest BCUT2D eigenvalue weighted by molar-refractivity contribution is 7.86. The molecule has 0 bridgehead atoms. The Morgan fingerprint density at radius 3 is 1.66 bits per heavy atom. The minimum absolute atomic E-state index is 0.357. The molecule has 0 N–H and O–H groups in total. The smallest absolute Gasteiger partial charge is 0.172 e. The maximum absolute atomic E-state index is 15.3. The molecule has 0 fully saturated rings. The number of hydrogen-bond acceptors (Lipinski definition) is 4. The summed E-state index contributed by atoms with van der Waals surface area (Å²) in [5, 5.41) is 2.84. The second kappa shape index (κ2) is 8.67. The summed E-state index contributed by atoms with van der Waals surface area (Å²) < 4.78 is 15.3. The Morgan fingerprint density at radius 1 is 0.512 bits per heavy atom. The lowest BCUT2D eigenvalue weighted by molar-refractivity contribution is 0.587. The van der Waals surface area contributed by atoms with E-state index in [-0.39, 0.29) is 5.41 Å². The summed E-state index contributed by atoms with van der Waals surface area (Å²) >= 11 is 0. The van der Waals surface area contributed by atoms with Crippen LogP contribution in [-0.2, 0) is 9.98 Å². The van der Waals surface area contributed by atoms with Crippen LogP contribution in [0, 0.1) is 0 Å². The topological polar surface area (TPSA) is 55.7 Å². The van der Waals surface area contributed by atoms with Gasteiger partial charge in [-0.05, 0) is 34.4 Å². The summed E-state index contributed by atoms with van der Waals surface area (Å²) in [6.07, 6.45) is 0. The van der Waals surface area contributed by atoms with E-state index in [1.165, 1.54) is 0 Å². The largest absolute Gasteiger partial charge is 0.309 e.